The first-order valence-corrected chi connectivity index (χ1v) is 11.5. The Kier molecular flexibility index (Phi) is 6.22. The van der Waals surface area contributed by atoms with Crippen molar-refractivity contribution in [2.24, 2.45) is 0 Å². The molecule has 0 saturated carbocycles. The third-order valence-corrected chi connectivity index (χ3v) is 6.42. The number of Topliss-reactive ketones (excluding diaryl/α,β-unsaturated/α-hetero) is 1. The van der Waals surface area contributed by atoms with Crippen LogP contribution < -0.4 is 4.90 Å². The molecule has 0 fully saturated rings. The van der Waals surface area contributed by atoms with Crippen LogP contribution in [-0.4, -0.2) is 23.3 Å². The smallest absolute Gasteiger partial charge is 0.264 e. The van der Waals surface area contributed by atoms with Gasteiger partial charge in [0.1, 0.15) is 0 Å². The fourth-order valence-electron chi connectivity index (χ4n) is 4.48. The predicted molar refractivity (Wildman–Crippen MR) is 132 cm³/mol. The first-order valence-electron chi connectivity index (χ1n) is 11.5. The maximum atomic E-state index is 13.4. The van der Waals surface area contributed by atoms with Gasteiger partial charge in [-0.25, -0.2) is 0 Å². The molecule has 1 N–H and O–H groups in total. The van der Waals surface area contributed by atoms with Crippen molar-refractivity contribution in [1.82, 2.24) is 0 Å². The van der Waals surface area contributed by atoms with Crippen molar-refractivity contribution in [1.29, 1.82) is 0 Å². The van der Waals surface area contributed by atoms with Gasteiger partial charge in [0, 0.05) is 17.7 Å². The summed E-state index contributed by atoms with van der Waals surface area (Å²) in [6, 6.07) is 24.8. The fraction of sp³-hybridized carbons (Fsp3) is 0.310. The first-order chi connectivity index (χ1) is 15.7. The van der Waals surface area contributed by atoms with E-state index in [9.17, 15) is 14.7 Å². The van der Waals surface area contributed by atoms with E-state index in [0.717, 1.165) is 18.4 Å². The number of ketones is 1. The molecule has 4 nitrogen and oxygen atoms in total. The molecule has 0 unspecified atom stereocenters. The van der Waals surface area contributed by atoms with Gasteiger partial charge in [-0.15, -0.1) is 0 Å². The molecule has 4 rings (SSSR count). The number of fused-ring (bicyclic) bond motifs is 1. The Hall–Kier alpha value is -3.24. The number of rotatable bonds is 7. The van der Waals surface area contributed by atoms with E-state index in [0.29, 0.717) is 23.4 Å². The zero-order valence-electron chi connectivity index (χ0n) is 19.5. The van der Waals surface area contributed by atoms with Crippen molar-refractivity contribution in [3.05, 3.63) is 101 Å². The number of benzene rings is 3. The lowest BCUT2D eigenvalue weighted by molar-refractivity contribution is -0.135. The highest BCUT2D eigenvalue weighted by molar-refractivity contribution is 6.10. The minimum atomic E-state index is -1.84. The van der Waals surface area contributed by atoms with Gasteiger partial charge < -0.3 is 10.0 Å². The number of amides is 1. The molecule has 0 aromatic heterocycles. The minimum absolute atomic E-state index is 0.0135. The van der Waals surface area contributed by atoms with E-state index in [4.69, 9.17) is 0 Å². The first kappa shape index (κ1) is 22.9. The summed E-state index contributed by atoms with van der Waals surface area (Å²) in [5, 5.41) is 11.5. The SMILES string of the molecule is CC(C)(C)c1ccc(C(=O)C[C@]2(O)C(=O)N(CCCc3ccccc3)c3ccccc32)cc1. The van der Waals surface area contributed by atoms with Crippen molar-refractivity contribution >= 4 is 17.4 Å². The second-order valence-electron chi connectivity index (χ2n) is 9.85. The van der Waals surface area contributed by atoms with Gasteiger partial charge in [-0.1, -0.05) is 93.6 Å². The Morgan fingerprint density at radius 3 is 2.21 bits per heavy atom. The Morgan fingerprint density at radius 1 is 0.909 bits per heavy atom. The lowest BCUT2D eigenvalue weighted by atomic mass is 9.85. The Labute approximate surface area is 195 Å². The number of carbonyl (C=O) groups excluding carboxylic acids is 2. The minimum Gasteiger partial charge on any atom is -0.375 e. The van der Waals surface area contributed by atoms with Crippen molar-refractivity contribution in [3.8, 4) is 0 Å². The van der Waals surface area contributed by atoms with E-state index in [-0.39, 0.29) is 17.6 Å². The molecular formula is C29H31NO3. The monoisotopic (exact) mass is 441 g/mol. The van der Waals surface area contributed by atoms with Crippen LogP contribution in [0.5, 0.6) is 0 Å². The summed E-state index contributed by atoms with van der Waals surface area (Å²) < 4.78 is 0. The summed E-state index contributed by atoms with van der Waals surface area (Å²) in [7, 11) is 0. The van der Waals surface area contributed by atoms with Crippen LogP contribution in [0.4, 0.5) is 5.69 Å². The molecular weight excluding hydrogens is 410 g/mol. The number of para-hydroxylation sites is 1. The molecule has 3 aromatic carbocycles. The van der Waals surface area contributed by atoms with Crippen molar-refractivity contribution < 1.29 is 14.7 Å². The standard InChI is InChI=1S/C29H31NO3/c1-28(2,3)23-17-15-22(16-18-23)26(31)20-29(33)24-13-7-8-14-25(24)30(27(29)32)19-9-12-21-10-5-4-6-11-21/h4-8,10-11,13-18,33H,9,12,19-20H2,1-3H3/t29-/m1/s1. The topological polar surface area (TPSA) is 57.6 Å². The molecule has 0 bridgehead atoms. The van der Waals surface area contributed by atoms with Gasteiger partial charge in [0.25, 0.3) is 5.91 Å². The lowest BCUT2D eigenvalue weighted by Gasteiger charge is -2.23. The predicted octanol–water partition coefficient (Wildman–Crippen LogP) is 5.42. The Morgan fingerprint density at radius 2 is 1.55 bits per heavy atom. The van der Waals surface area contributed by atoms with Crippen LogP contribution in [0.2, 0.25) is 0 Å². The highest BCUT2D eigenvalue weighted by atomic mass is 16.3. The maximum Gasteiger partial charge on any atom is 0.264 e. The Bertz CT molecular complexity index is 1150. The zero-order chi connectivity index (χ0) is 23.6. The summed E-state index contributed by atoms with van der Waals surface area (Å²) >= 11 is 0. The number of hydrogen-bond acceptors (Lipinski definition) is 3. The summed E-state index contributed by atoms with van der Waals surface area (Å²) in [4.78, 5) is 28.1. The van der Waals surface area contributed by atoms with Gasteiger partial charge in [0.05, 0.1) is 12.1 Å². The quantitative estimate of drug-likeness (QED) is 0.498. The zero-order valence-corrected chi connectivity index (χ0v) is 19.5. The van der Waals surface area contributed by atoms with E-state index in [1.807, 2.05) is 42.5 Å². The summed E-state index contributed by atoms with van der Waals surface area (Å²) in [6.45, 7) is 6.84. The summed E-state index contributed by atoms with van der Waals surface area (Å²) in [5.41, 5.74) is 2.18. The van der Waals surface area contributed by atoms with Crippen molar-refractivity contribution in [2.45, 2.75) is 51.0 Å². The molecule has 1 aliphatic heterocycles. The Balaban J connectivity index is 1.52. The van der Waals surface area contributed by atoms with Crippen LogP contribution in [0.1, 0.15) is 60.7 Å². The molecule has 3 aromatic rings. The van der Waals surface area contributed by atoms with Crippen LogP contribution in [0, 0.1) is 0 Å². The summed E-state index contributed by atoms with van der Waals surface area (Å²) in [6.07, 6.45) is 1.33. The molecule has 33 heavy (non-hydrogen) atoms. The molecule has 1 atom stereocenters. The van der Waals surface area contributed by atoms with Gasteiger partial charge in [-0.3, -0.25) is 9.59 Å². The van der Waals surface area contributed by atoms with Crippen LogP contribution in [0.15, 0.2) is 78.9 Å². The third kappa shape index (κ3) is 4.62. The number of carbonyl (C=O) groups is 2. The average Bonchev–Trinajstić information content (AvgIpc) is 3.01. The average molecular weight is 442 g/mol. The molecule has 1 heterocycles. The van der Waals surface area contributed by atoms with E-state index in [1.165, 1.54) is 5.56 Å². The van der Waals surface area contributed by atoms with Gasteiger partial charge >= 0.3 is 0 Å². The van der Waals surface area contributed by atoms with Gasteiger partial charge in [-0.2, -0.15) is 0 Å². The molecule has 4 heteroatoms. The fourth-order valence-corrected chi connectivity index (χ4v) is 4.48. The number of anilines is 1. The van der Waals surface area contributed by atoms with Crippen LogP contribution in [0.3, 0.4) is 0 Å². The lowest BCUT2D eigenvalue weighted by Crippen LogP contribution is -2.42. The van der Waals surface area contributed by atoms with Crippen LogP contribution >= 0.6 is 0 Å². The molecule has 0 radical (unpaired) electrons. The third-order valence-electron chi connectivity index (χ3n) is 6.42. The molecule has 0 saturated heterocycles. The highest BCUT2D eigenvalue weighted by Gasteiger charge is 2.50. The number of hydrogen-bond donors (Lipinski definition) is 1. The maximum absolute atomic E-state index is 13.4. The van der Waals surface area contributed by atoms with E-state index in [2.05, 4.69) is 32.9 Å². The van der Waals surface area contributed by atoms with Crippen LogP contribution in [-0.2, 0) is 22.2 Å². The van der Waals surface area contributed by atoms with Crippen molar-refractivity contribution in [3.63, 3.8) is 0 Å². The second-order valence-corrected chi connectivity index (χ2v) is 9.85. The normalized spacial score (nSPS) is 17.8. The van der Waals surface area contributed by atoms with E-state index < -0.39 is 11.5 Å². The highest BCUT2D eigenvalue weighted by Crippen LogP contribution is 2.43. The largest absolute Gasteiger partial charge is 0.375 e. The van der Waals surface area contributed by atoms with Gasteiger partial charge in [0.15, 0.2) is 11.4 Å². The molecule has 0 aliphatic carbocycles. The summed E-state index contributed by atoms with van der Waals surface area (Å²) in [5.74, 6) is -0.663. The second kappa shape index (κ2) is 8.95. The van der Waals surface area contributed by atoms with Crippen LogP contribution in [0.25, 0.3) is 0 Å². The van der Waals surface area contributed by atoms with E-state index >= 15 is 0 Å². The molecule has 0 spiro atoms. The number of nitrogens with zero attached hydrogens (tertiary/aromatic N) is 1. The molecule has 1 amide bonds. The number of aliphatic hydroxyl groups is 1. The van der Waals surface area contributed by atoms with Crippen molar-refractivity contribution in [2.75, 3.05) is 11.4 Å². The van der Waals surface area contributed by atoms with Gasteiger partial charge in [-0.05, 0) is 35.4 Å². The molecule has 1 aliphatic rings. The van der Waals surface area contributed by atoms with E-state index in [1.54, 1.807) is 29.2 Å². The van der Waals surface area contributed by atoms with Gasteiger partial charge in [0.2, 0.25) is 0 Å². The molecule has 170 valence electrons. The number of aryl methyl sites for hydroxylation is 1.